The van der Waals surface area contributed by atoms with Crippen molar-refractivity contribution in [3.8, 4) is 5.88 Å². The van der Waals surface area contributed by atoms with Gasteiger partial charge in [-0.1, -0.05) is 6.07 Å². The smallest absolute Gasteiger partial charge is 0.218 e. The highest BCUT2D eigenvalue weighted by Crippen LogP contribution is 2.15. The van der Waals surface area contributed by atoms with Crippen LogP contribution in [0.25, 0.3) is 0 Å². The molecule has 2 aromatic rings. The molecule has 0 amide bonds. The first-order valence-corrected chi connectivity index (χ1v) is 6.88. The maximum absolute atomic E-state index is 5.67. The number of aromatic nitrogens is 2. The van der Waals surface area contributed by atoms with E-state index in [-0.39, 0.29) is 6.10 Å². The highest BCUT2D eigenvalue weighted by atomic mass is 32.1. The minimum Gasteiger partial charge on any atom is -0.475 e. The molecule has 2 heterocycles. The zero-order valence-electron chi connectivity index (χ0n) is 10.6. The summed E-state index contributed by atoms with van der Waals surface area (Å²) in [5.41, 5.74) is 3.98. The minimum atomic E-state index is 0.136. The highest BCUT2D eigenvalue weighted by molar-refractivity contribution is 7.07. The lowest BCUT2D eigenvalue weighted by atomic mass is 10.2. The molecule has 0 bridgehead atoms. The summed E-state index contributed by atoms with van der Waals surface area (Å²) in [5, 5.41) is 5.39. The van der Waals surface area contributed by atoms with E-state index in [9.17, 15) is 0 Å². The number of rotatable bonds is 6. The molecule has 0 aromatic carbocycles. The van der Waals surface area contributed by atoms with Crippen LogP contribution in [0.5, 0.6) is 5.88 Å². The van der Waals surface area contributed by atoms with E-state index in [1.807, 2.05) is 36.9 Å². The van der Waals surface area contributed by atoms with Crippen LogP contribution >= 0.6 is 11.3 Å². The molecule has 0 unspecified atom stereocenters. The minimum absolute atomic E-state index is 0.136. The molecule has 0 fully saturated rings. The molecule has 96 valence electrons. The third kappa shape index (κ3) is 3.78. The van der Waals surface area contributed by atoms with E-state index in [2.05, 4.69) is 15.3 Å². The van der Waals surface area contributed by atoms with Crippen LogP contribution in [0, 0.1) is 0 Å². The van der Waals surface area contributed by atoms with Crippen LogP contribution in [-0.4, -0.2) is 16.1 Å². The first-order chi connectivity index (χ1) is 8.75. The van der Waals surface area contributed by atoms with Gasteiger partial charge in [-0.25, -0.2) is 9.97 Å². The van der Waals surface area contributed by atoms with Crippen molar-refractivity contribution in [2.24, 2.45) is 0 Å². The Hall–Kier alpha value is -1.46. The van der Waals surface area contributed by atoms with Gasteiger partial charge in [-0.3, -0.25) is 0 Å². The van der Waals surface area contributed by atoms with Crippen molar-refractivity contribution in [1.29, 1.82) is 0 Å². The van der Waals surface area contributed by atoms with E-state index in [0.717, 1.165) is 24.3 Å². The van der Waals surface area contributed by atoms with Crippen molar-refractivity contribution in [3.63, 3.8) is 0 Å². The maximum atomic E-state index is 5.67. The predicted octanol–water partition coefficient (Wildman–Crippen LogP) is 2.62. The second-order valence-corrected chi connectivity index (χ2v) is 4.94. The summed E-state index contributed by atoms with van der Waals surface area (Å²) in [5.74, 6) is 0.707. The topological polar surface area (TPSA) is 47.0 Å². The zero-order chi connectivity index (χ0) is 12.8. The van der Waals surface area contributed by atoms with E-state index in [4.69, 9.17) is 4.74 Å². The average Bonchev–Trinajstić information content (AvgIpc) is 2.84. The molecule has 0 radical (unpaired) electrons. The third-order valence-corrected chi connectivity index (χ3v) is 2.94. The van der Waals surface area contributed by atoms with Gasteiger partial charge in [0.2, 0.25) is 5.88 Å². The summed E-state index contributed by atoms with van der Waals surface area (Å²) in [4.78, 5) is 8.49. The largest absolute Gasteiger partial charge is 0.475 e. The predicted molar refractivity (Wildman–Crippen MR) is 72.7 cm³/mol. The van der Waals surface area contributed by atoms with Crippen molar-refractivity contribution < 1.29 is 4.74 Å². The van der Waals surface area contributed by atoms with Gasteiger partial charge in [-0.2, -0.15) is 0 Å². The van der Waals surface area contributed by atoms with E-state index >= 15 is 0 Å². The van der Waals surface area contributed by atoms with Crippen LogP contribution in [-0.2, 0) is 13.1 Å². The summed E-state index contributed by atoms with van der Waals surface area (Å²) < 4.78 is 5.67. The molecule has 0 spiro atoms. The molecule has 0 aliphatic carbocycles. The van der Waals surface area contributed by atoms with Gasteiger partial charge in [-0.05, 0) is 19.9 Å². The molecule has 5 heteroatoms. The third-order valence-electron chi connectivity index (χ3n) is 2.30. The van der Waals surface area contributed by atoms with Gasteiger partial charge in [0.05, 0.1) is 17.3 Å². The fourth-order valence-corrected chi connectivity index (χ4v) is 2.10. The first kappa shape index (κ1) is 13.0. The molecular weight excluding hydrogens is 246 g/mol. The normalized spacial score (nSPS) is 10.8. The lowest BCUT2D eigenvalue weighted by molar-refractivity contribution is 0.229. The maximum Gasteiger partial charge on any atom is 0.218 e. The lowest BCUT2D eigenvalue weighted by Gasteiger charge is -2.12. The molecule has 4 nitrogen and oxygen atoms in total. The van der Waals surface area contributed by atoms with Gasteiger partial charge in [0.15, 0.2) is 0 Å². The Morgan fingerprint density at radius 3 is 2.94 bits per heavy atom. The van der Waals surface area contributed by atoms with Crippen LogP contribution in [0.2, 0.25) is 0 Å². The van der Waals surface area contributed by atoms with Crippen molar-refractivity contribution in [2.75, 3.05) is 0 Å². The first-order valence-electron chi connectivity index (χ1n) is 5.94. The van der Waals surface area contributed by atoms with Crippen LogP contribution in [0.3, 0.4) is 0 Å². The summed E-state index contributed by atoms with van der Waals surface area (Å²) in [6, 6.07) is 3.95. The van der Waals surface area contributed by atoms with E-state index in [1.54, 1.807) is 17.5 Å². The van der Waals surface area contributed by atoms with Gasteiger partial charge in [0.1, 0.15) is 0 Å². The number of hydrogen-bond acceptors (Lipinski definition) is 5. The number of nitrogens with one attached hydrogen (secondary N) is 1. The van der Waals surface area contributed by atoms with Crippen LogP contribution < -0.4 is 10.1 Å². The Morgan fingerprint density at radius 1 is 1.33 bits per heavy atom. The molecule has 0 atom stereocenters. The number of thiazole rings is 1. The molecule has 1 N–H and O–H groups in total. The number of pyridine rings is 1. The number of ether oxygens (including phenoxy) is 1. The Morgan fingerprint density at radius 2 is 2.22 bits per heavy atom. The van der Waals surface area contributed by atoms with Gasteiger partial charge >= 0.3 is 0 Å². The van der Waals surface area contributed by atoms with Crippen LogP contribution in [0.15, 0.2) is 29.2 Å². The number of nitrogens with zero attached hydrogens (tertiary/aromatic N) is 2. The fraction of sp³-hybridized carbons (Fsp3) is 0.385. The number of hydrogen-bond donors (Lipinski definition) is 1. The van der Waals surface area contributed by atoms with Crippen molar-refractivity contribution in [3.05, 3.63) is 40.5 Å². The second kappa shape index (κ2) is 6.47. The monoisotopic (exact) mass is 263 g/mol. The van der Waals surface area contributed by atoms with E-state index in [0.29, 0.717) is 5.88 Å². The molecule has 0 saturated carbocycles. The SMILES string of the molecule is CC(C)Oc1ncccc1CNCc1cscn1. The standard InChI is InChI=1S/C13H17N3OS/c1-10(2)17-13-11(4-3-5-15-13)6-14-7-12-8-18-9-16-12/h3-5,8-10,14H,6-7H2,1-2H3. The van der Waals surface area contributed by atoms with Gasteiger partial charge in [-0.15, -0.1) is 11.3 Å². The van der Waals surface area contributed by atoms with E-state index < -0.39 is 0 Å². The van der Waals surface area contributed by atoms with Crippen LogP contribution in [0.1, 0.15) is 25.1 Å². The Kier molecular flexibility index (Phi) is 4.66. The van der Waals surface area contributed by atoms with Gasteiger partial charge in [0, 0.05) is 30.2 Å². The fourth-order valence-electron chi connectivity index (χ4n) is 1.54. The molecule has 2 rings (SSSR count). The molecule has 0 saturated heterocycles. The van der Waals surface area contributed by atoms with Gasteiger partial charge in [0.25, 0.3) is 0 Å². The van der Waals surface area contributed by atoms with Gasteiger partial charge < -0.3 is 10.1 Å². The average molecular weight is 263 g/mol. The van der Waals surface area contributed by atoms with Crippen molar-refractivity contribution in [2.45, 2.75) is 33.0 Å². The highest BCUT2D eigenvalue weighted by Gasteiger charge is 2.06. The second-order valence-electron chi connectivity index (χ2n) is 4.22. The summed E-state index contributed by atoms with van der Waals surface area (Å²) in [7, 11) is 0. The molecule has 0 aliphatic rings. The Balaban J connectivity index is 1.92. The molecule has 2 aromatic heterocycles. The van der Waals surface area contributed by atoms with Crippen LogP contribution in [0.4, 0.5) is 0 Å². The molecule has 0 aliphatic heterocycles. The quantitative estimate of drug-likeness (QED) is 0.870. The van der Waals surface area contributed by atoms with E-state index in [1.165, 1.54) is 0 Å². The summed E-state index contributed by atoms with van der Waals surface area (Å²) in [6.45, 7) is 5.50. The zero-order valence-corrected chi connectivity index (χ0v) is 11.4. The molecule has 18 heavy (non-hydrogen) atoms. The lowest BCUT2D eigenvalue weighted by Crippen LogP contribution is -2.15. The Bertz CT molecular complexity index is 471. The van der Waals surface area contributed by atoms with Crippen molar-refractivity contribution >= 4 is 11.3 Å². The Labute approximate surface area is 111 Å². The molecular formula is C13H17N3OS. The summed E-state index contributed by atoms with van der Waals surface area (Å²) in [6.07, 6.45) is 1.89. The van der Waals surface area contributed by atoms with Crippen molar-refractivity contribution in [1.82, 2.24) is 15.3 Å². The summed E-state index contributed by atoms with van der Waals surface area (Å²) >= 11 is 1.61.